The number of anilines is 1. The molecule has 2 aromatic rings. The first-order valence-corrected chi connectivity index (χ1v) is 7.49. The molecule has 2 aromatic carbocycles. The molecule has 0 heterocycles. The summed E-state index contributed by atoms with van der Waals surface area (Å²) in [6.07, 6.45) is 1.93. The van der Waals surface area contributed by atoms with E-state index >= 15 is 0 Å². The van der Waals surface area contributed by atoms with Crippen LogP contribution in [0.1, 0.15) is 10.4 Å². The lowest BCUT2D eigenvalue weighted by molar-refractivity contribution is 0.102. The van der Waals surface area contributed by atoms with Crippen molar-refractivity contribution in [2.24, 2.45) is 0 Å². The number of thioether (sulfide) groups is 1. The van der Waals surface area contributed by atoms with Crippen LogP contribution in [0.2, 0.25) is 10.0 Å². The van der Waals surface area contributed by atoms with Crippen molar-refractivity contribution in [1.29, 1.82) is 0 Å². The van der Waals surface area contributed by atoms with Crippen LogP contribution in [0.15, 0.2) is 47.4 Å². The van der Waals surface area contributed by atoms with E-state index in [0.717, 1.165) is 4.90 Å². The number of hydrogen-bond donors (Lipinski definition) is 1. The third kappa shape index (κ3) is 3.44. The Hall–Kier alpha value is -1.16. The van der Waals surface area contributed by atoms with Crippen LogP contribution in [0.25, 0.3) is 0 Å². The molecule has 19 heavy (non-hydrogen) atoms. The molecule has 0 atom stereocenters. The van der Waals surface area contributed by atoms with Crippen molar-refractivity contribution < 1.29 is 4.79 Å². The van der Waals surface area contributed by atoms with E-state index in [1.54, 1.807) is 24.3 Å². The first kappa shape index (κ1) is 14.3. The summed E-state index contributed by atoms with van der Waals surface area (Å²) in [6.45, 7) is 0. The molecule has 0 aromatic heterocycles. The Kier molecular flexibility index (Phi) is 4.75. The van der Waals surface area contributed by atoms with Gasteiger partial charge >= 0.3 is 0 Å². The molecule has 0 saturated heterocycles. The molecule has 0 radical (unpaired) electrons. The van der Waals surface area contributed by atoms with Crippen LogP contribution in [0.5, 0.6) is 0 Å². The van der Waals surface area contributed by atoms with Gasteiger partial charge < -0.3 is 5.32 Å². The van der Waals surface area contributed by atoms with Crippen LogP contribution in [-0.2, 0) is 0 Å². The maximum atomic E-state index is 12.2. The van der Waals surface area contributed by atoms with E-state index in [1.165, 1.54) is 11.8 Å². The quantitative estimate of drug-likeness (QED) is 0.811. The topological polar surface area (TPSA) is 29.1 Å². The second-order valence-corrected chi connectivity index (χ2v) is 5.47. The SMILES string of the molecule is CSc1ccccc1C(=O)Nc1cc(Cl)ccc1Cl. The molecule has 0 aliphatic rings. The average molecular weight is 312 g/mol. The van der Waals surface area contributed by atoms with Gasteiger partial charge in [0.15, 0.2) is 0 Å². The highest BCUT2D eigenvalue weighted by Crippen LogP contribution is 2.27. The fraction of sp³-hybridized carbons (Fsp3) is 0.0714. The number of nitrogens with one attached hydrogen (secondary N) is 1. The van der Waals surface area contributed by atoms with E-state index in [2.05, 4.69) is 5.32 Å². The van der Waals surface area contributed by atoms with Crippen molar-refractivity contribution in [3.05, 3.63) is 58.1 Å². The van der Waals surface area contributed by atoms with E-state index in [9.17, 15) is 4.79 Å². The highest BCUT2D eigenvalue weighted by atomic mass is 35.5. The van der Waals surface area contributed by atoms with Gasteiger partial charge in [-0.15, -0.1) is 11.8 Å². The van der Waals surface area contributed by atoms with Crippen LogP contribution in [0.4, 0.5) is 5.69 Å². The minimum atomic E-state index is -0.200. The normalized spacial score (nSPS) is 10.3. The van der Waals surface area contributed by atoms with Crippen LogP contribution in [-0.4, -0.2) is 12.2 Å². The molecule has 0 saturated carbocycles. The zero-order valence-corrected chi connectivity index (χ0v) is 12.4. The Morgan fingerprint density at radius 2 is 1.89 bits per heavy atom. The van der Waals surface area contributed by atoms with E-state index in [4.69, 9.17) is 23.2 Å². The molecular formula is C14H11Cl2NOS. The first-order chi connectivity index (χ1) is 9.11. The van der Waals surface area contributed by atoms with Gasteiger partial charge in [0.25, 0.3) is 5.91 Å². The third-order valence-corrected chi connectivity index (χ3v) is 3.89. The largest absolute Gasteiger partial charge is 0.321 e. The van der Waals surface area contributed by atoms with Crippen LogP contribution in [0, 0.1) is 0 Å². The molecule has 0 aliphatic heterocycles. The summed E-state index contributed by atoms with van der Waals surface area (Å²) < 4.78 is 0. The zero-order valence-electron chi connectivity index (χ0n) is 10.1. The summed E-state index contributed by atoms with van der Waals surface area (Å²) in [5.41, 5.74) is 1.13. The minimum Gasteiger partial charge on any atom is -0.321 e. The lowest BCUT2D eigenvalue weighted by Gasteiger charge is -2.10. The number of amides is 1. The summed E-state index contributed by atoms with van der Waals surface area (Å²) >= 11 is 13.4. The lowest BCUT2D eigenvalue weighted by atomic mass is 10.2. The Morgan fingerprint density at radius 1 is 1.16 bits per heavy atom. The zero-order chi connectivity index (χ0) is 13.8. The number of carbonyl (C=O) groups is 1. The van der Waals surface area contributed by atoms with Gasteiger partial charge in [0.2, 0.25) is 0 Å². The molecule has 2 nitrogen and oxygen atoms in total. The summed E-state index contributed by atoms with van der Waals surface area (Å²) in [5, 5.41) is 3.76. The Balaban J connectivity index is 2.28. The van der Waals surface area contributed by atoms with Crippen molar-refractivity contribution in [2.75, 3.05) is 11.6 Å². The molecule has 1 N–H and O–H groups in total. The Bertz CT molecular complexity index is 616. The Morgan fingerprint density at radius 3 is 2.63 bits per heavy atom. The molecule has 98 valence electrons. The number of benzene rings is 2. The fourth-order valence-electron chi connectivity index (χ4n) is 1.62. The minimum absolute atomic E-state index is 0.200. The second-order valence-electron chi connectivity index (χ2n) is 3.78. The molecule has 1 amide bonds. The molecule has 2 rings (SSSR count). The van der Waals surface area contributed by atoms with Crippen molar-refractivity contribution >= 4 is 46.6 Å². The molecule has 0 fully saturated rings. The van der Waals surface area contributed by atoms with Crippen molar-refractivity contribution in [2.45, 2.75) is 4.90 Å². The predicted molar refractivity (Wildman–Crippen MR) is 82.6 cm³/mol. The van der Waals surface area contributed by atoms with Gasteiger partial charge in [-0.25, -0.2) is 0 Å². The molecule has 0 aliphatic carbocycles. The number of hydrogen-bond acceptors (Lipinski definition) is 2. The van der Waals surface area contributed by atoms with Crippen LogP contribution >= 0.6 is 35.0 Å². The van der Waals surface area contributed by atoms with E-state index in [0.29, 0.717) is 21.3 Å². The van der Waals surface area contributed by atoms with Crippen LogP contribution in [0.3, 0.4) is 0 Å². The Labute approximate surface area is 126 Å². The average Bonchev–Trinajstić information content (AvgIpc) is 2.42. The van der Waals surface area contributed by atoms with E-state index < -0.39 is 0 Å². The second kappa shape index (κ2) is 6.33. The lowest BCUT2D eigenvalue weighted by Crippen LogP contribution is -2.13. The molecule has 0 spiro atoms. The van der Waals surface area contributed by atoms with Crippen molar-refractivity contribution in [3.8, 4) is 0 Å². The van der Waals surface area contributed by atoms with Gasteiger partial charge in [-0.2, -0.15) is 0 Å². The van der Waals surface area contributed by atoms with Gasteiger partial charge in [0.05, 0.1) is 16.3 Å². The number of rotatable bonds is 3. The number of halogens is 2. The van der Waals surface area contributed by atoms with E-state index in [-0.39, 0.29) is 5.91 Å². The van der Waals surface area contributed by atoms with E-state index in [1.807, 2.05) is 24.5 Å². The summed E-state index contributed by atoms with van der Waals surface area (Å²) in [4.78, 5) is 13.1. The van der Waals surface area contributed by atoms with Gasteiger partial charge in [-0.1, -0.05) is 35.3 Å². The summed E-state index contributed by atoms with van der Waals surface area (Å²) in [6, 6.07) is 12.4. The van der Waals surface area contributed by atoms with Gasteiger partial charge in [-0.05, 0) is 36.6 Å². The molecule has 0 bridgehead atoms. The van der Waals surface area contributed by atoms with Crippen LogP contribution < -0.4 is 5.32 Å². The fourth-order valence-corrected chi connectivity index (χ4v) is 2.55. The summed E-state index contributed by atoms with van der Waals surface area (Å²) in [5.74, 6) is -0.200. The maximum absolute atomic E-state index is 12.2. The predicted octanol–water partition coefficient (Wildman–Crippen LogP) is 4.97. The maximum Gasteiger partial charge on any atom is 0.256 e. The number of carbonyl (C=O) groups excluding carboxylic acids is 1. The standard InChI is InChI=1S/C14H11Cl2NOS/c1-19-13-5-3-2-4-10(13)14(18)17-12-8-9(15)6-7-11(12)16/h2-8H,1H3,(H,17,18). The van der Waals surface area contributed by atoms with Gasteiger partial charge in [0.1, 0.15) is 0 Å². The summed E-state index contributed by atoms with van der Waals surface area (Å²) in [7, 11) is 0. The third-order valence-electron chi connectivity index (χ3n) is 2.53. The monoisotopic (exact) mass is 311 g/mol. The highest BCUT2D eigenvalue weighted by Gasteiger charge is 2.12. The molecular weight excluding hydrogens is 301 g/mol. The molecule has 5 heteroatoms. The van der Waals surface area contributed by atoms with Gasteiger partial charge in [-0.3, -0.25) is 4.79 Å². The first-order valence-electron chi connectivity index (χ1n) is 5.51. The van der Waals surface area contributed by atoms with Crippen molar-refractivity contribution in [1.82, 2.24) is 0 Å². The highest BCUT2D eigenvalue weighted by molar-refractivity contribution is 7.98. The van der Waals surface area contributed by atoms with Crippen molar-refractivity contribution in [3.63, 3.8) is 0 Å². The smallest absolute Gasteiger partial charge is 0.256 e. The van der Waals surface area contributed by atoms with Gasteiger partial charge in [0, 0.05) is 9.92 Å². The molecule has 0 unspecified atom stereocenters.